The Bertz CT molecular complexity index is 347. The van der Waals surface area contributed by atoms with Gasteiger partial charge < -0.3 is 10.4 Å². The number of aromatic carboxylic acids is 1. The number of nitrogens with one attached hydrogen (secondary N) is 1. The Kier molecular flexibility index (Phi) is 4.96. The average molecular weight is 241 g/mol. The summed E-state index contributed by atoms with van der Waals surface area (Å²) >= 11 is 1.34. The van der Waals surface area contributed by atoms with Crippen molar-refractivity contribution in [2.45, 2.75) is 39.8 Å². The fourth-order valence-electron chi connectivity index (χ4n) is 1.67. The maximum atomic E-state index is 10.7. The lowest BCUT2D eigenvalue weighted by Crippen LogP contribution is -2.32. The molecule has 1 rings (SSSR count). The van der Waals surface area contributed by atoms with Crippen molar-refractivity contribution in [3.8, 4) is 0 Å². The summed E-state index contributed by atoms with van der Waals surface area (Å²) in [5.74, 6) is -0.240. The molecule has 1 aromatic rings. The molecule has 1 unspecified atom stereocenters. The molecule has 0 radical (unpaired) electrons. The van der Waals surface area contributed by atoms with Crippen molar-refractivity contribution in [1.29, 1.82) is 0 Å². The molecule has 0 aliphatic carbocycles. The van der Waals surface area contributed by atoms with Gasteiger partial charge in [-0.15, -0.1) is 11.3 Å². The highest BCUT2D eigenvalue weighted by molar-refractivity contribution is 7.13. The molecule has 0 aromatic carbocycles. The summed E-state index contributed by atoms with van der Waals surface area (Å²) in [5.41, 5.74) is 0. The lowest BCUT2D eigenvalue weighted by Gasteiger charge is -2.20. The molecule has 0 spiro atoms. The summed E-state index contributed by atoms with van der Waals surface area (Å²) in [6, 6.07) is 4.05. The van der Waals surface area contributed by atoms with E-state index in [4.69, 9.17) is 5.11 Å². The number of carboxylic acids is 1. The Hall–Kier alpha value is -0.870. The van der Waals surface area contributed by atoms with Crippen LogP contribution in [0.15, 0.2) is 12.1 Å². The van der Waals surface area contributed by atoms with Gasteiger partial charge in [-0.2, -0.15) is 0 Å². The van der Waals surface area contributed by atoms with Crippen LogP contribution in [0.3, 0.4) is 0 Å². The van der Waals surface area contributed by atoms with E-state index in [-0.39, 0.29) is 0 Å². The van der Waals surface area contributed by atoms with Crippen LogP contribution in [0, 0.1) is 5.92 Å². The van der Waals surface area contributed by atoms with Gasteiger partial charge in [0.25, 0.3) is 0 Å². The van der Waals surface area contributed by atoms with Gasteiger partial charge in [0.1, 0.15) is 4.88 Å². The maximum Gasteiger partial charge on any atom is 0.345 e. The summed E-state index contributed by atoms with van der Waals surface area (Å²) < 4.78 is 0. The fourth-order valence-corrected chi connectivity index (χ4v) is 2.47. The highest BCUT2D eigenvalue weighted by Gasteiger charge is 2.11. The van der Waals surface area contributed by atoms with E-state index in [0.717, 1.165) is 17.8 Å². The minimum Gasteiger partial charge on any atom is -0.477 e. The predicted octanol–water partition coefficient (Wildman–Crippen LogP) is 2.97. The molecule has 0 fully saturated rings. The van der Waals surface area contributed by atoms with Gasteiger partial charge in [-0.1, -0.05) is 20.8 Å². The van der Waals surface area contributed by atoms with Crippen LogP contribution in [0.1, 0.15) is 41.7 Å². The van der Waals surface area contributed by atoms with Crippen LogP contribution in [-0.4, -0.2) is 17.1 Å². The standard InChI is InChI=1S/C12H19NO2S/c1-4-10(8(2)3)13-7-9-5-6-11(16-9)12(14)15/h5-6,8,10,13H,4,7H2,1-3H3,(H,14,15). The number of rotatable bonds is 6. The van der Waals surface area contributed by atoms with Gasteiger partial charge in [0.2, 0.25) is 0 Å². The van der Waals surface area contributed by atoms with Crippen LogP contribution < -0.4 is 5.32 Å². The van der Waals surface area contributed by atoms with Gasteiger partial charge in [-0.3, -0.25) is 0 Å². The van der Waals surface area contributed by atoms with Crippen LogP contribution in [0.2, 0.25) is 0 Å². The van der Waals surface area contributed by atoms with E-state index in [2.05, 4.69) is 26.1 Å². The molecule has 0 saturated carbocycles. The first kappa shape index (κ1) is 13.2. The van der Waals surface area contributed by atoms with Crippen LogP contribution in [-0.2, 0) is 6.54 Å². The Morgan fingerprint density at radius 1 is 1.50 bits per heavy atom. The van der Waals surface area contributed by atoms with Crippen molar-refractivity contribution in [2.24, 2.45) is 5.92 Å². The molecule has 2 N–H and O–H groups in total. The van der Waals surface area contributed by atoms with Crippen molar-refractivity contribution < 1.29 is 9.90 Å². The van der Waals surface area contributed by atoms with Gasteiger partial charge in [0.15, 0.2) is 0 Å². The van der Waals surface area contributed by atoms with Crippen molar-refractivity contribution >= 4 is 17.3 Å². The zero-order valence-electron chi connectivity index (χ0n) is 9.99. The average Bonchev–Trinajstić information content (AvgIpc) is 2.67. The molecule has 0 saturated heterocycles. The lowest BCUT2D eigenvalue weighted by atomic mass is 10.0. The Balaban J connectivity index is 2.50. The predicted molar refractivity (Wildman–Crippen MR) is 67.0 cm³/mol. The van der Waals surface area contributed by atoms with Crippen molar-refractivity contribution in [3.63, 3.8) is 0 Å². The first-order chi connectivity index (χ1) is 7.54. The third-order valence-electron chi connectivity index (χ3n) is 2.66. The van der Waals surface area contributed by atoms with Crippen molar-refractivity contribution in [1.82, 2.24) is 5.32 Å². The largest absolute Gasteiger partial charge is 0.477 e. The second-order valence-corrected chi connectivity index (χ2v) is 5.38. The van der Waals surface area contributed by atoms with E-state index >= 15 is 0 Å². The number of hydrogen-bond acceptors (Lipinski definition) is 3. The number of carboxylic acid groups (broad SMARTS) is 1. The minimum absolute atomic E-state index is 0.411. The van der Waals surface area contributed by atoms with Gasteiger partial charge in [-0.25, -0.2) is 4.79 Å². The van der Waals surface area contributed by atoms with Crippen LogP contribution in [0.25, 0.3) is 0 Å². The first-order valence-electron chi connectivity index (χ1n) is 5.60. The summed E-state index contributed by atoms with van der Waals surface area (Å²) in [7, 11) is 0. The number of carbonyl (C=O) groups is 1. The number of hydrogen-bond donors (Lipinski definition) is 2. The van der Waals surface area contributed by atoms with Crippen LogP contribution in [0.4, 0.5) is 0 Å². The third-order valence-corrected chi connectivity index (χ3v) is 3.73. The molecule has 4 heteroatoms. The second-order valence-electron chi connectivity index (χ2n) is 4.21. The summed E-state index contributed by atoms with van der Waals surface area (Å²) in [6.07, 6.45) is 1.09. The molecule has 3 nitrogen and oxygen atoms in total. The van der Waals surface area contributed by atoms with Gasteiger partial charge in [0, 0.05) is 17.5 Å². The summed E-state index contributed by atoms with van der Waals surface area (Å²) in [5, 5.41) is 12.3. The molecule has 0 amide bonds. The minimum atomic E-state index is -0.841. The Labute approximate surface area is 100 Å². The van der Waals surface area contributed by atoms with Gasteiger partial charge in [-0.05, 0) is 24.5 Å². The van der Waals surface area contributed by atoms with Crippen molar-refractivity contribution in [2.75, 3.05) is 0 Å². The van der Waals surface area contributed by atoms with Gasteiger partial charge in [0.05, 0.1) is 0 Å². The first-order valence-corrected chi connectivity index (χ1v) is 6.41. The molecular formula is C12H19NO2S. The Morgan fingerprint density at radius 3 is 2.62 bits per heavy atom. The molecule has 0 aliphatic rings. The zero-order chi connectivity index (χ0) is 12.1. The highest BCUT2D eigenvalue weighted by Crippen LogP contribution is 2.17. The van der Waals surface area contributed by atoms with E-state index < -0.39 is 5.97 Å². The molecule has 16 heavy (non-hydrogen) atoms. The highest BCUT2D eigenvalue weighted by atomic mass is 32.1. The summed E-state index contributed by atoms with van der Waals surface area (Å²) in [6.45, 7) is 7.31. The van der Waals surface area contributed by atoms with Crippen molar-refractivity contribution in [3.05, 3.63) is 21.9 Å². The van der Waals surface area contributed by atoms with E-state index in [1.807, 2.05) is 6.07 Å². The lowest BCUT2D eigenvalue weighted by molar-refractivity contribution is 0.0702. The second kappa shape index (κ2) is 6.01. The van der Waals surface area contributed by atoms with Crippen LogP contribution in [0.5, 0.6) is 0 Å². The monoisotopic (exact) mass is 241 g/mol. The van der Waals surface area contributed by atoms with E-state index in [9.17, 15) is 4.79 Å². The molecular weight excluding hydrogens is 222 g/mol. The van der Waals surface area contributed by atoms with E-state index in [1.165, 1.54) is 11.3 Å². The normalized spacial score (nSPS) is 13.0. The van der Waals surface area contributed by atoms with Crippen LogP contribution >= 0.6 is 11.3 Å². The fraction of sp³-hybridized carbons (Fsp3) is 0.583. The topological polar surface area (TPSA) is 49.3 Å². The van der Waals surface area contributed by atoms with Gasteiger partial charge >= 0.3 is 5.97 Å². The molecule has 1 atom stereocenters. The molecule has 0 aliphatic heterocycles. The smallest absolute Gasteiger partial charge is 0.345 e. The van der Waals surface area contributed by atoms with E-state index in [0.29, 0.717) is 16.8 Å². The third kappa shape index (κ3) is 3.61. The SMILES string of the molecule is CCC(NCc1ccc(C(=O)O)s1)C(C)C. The zero-order valence-corrected chi connectivity index (χ0v) is 10.8. The maximum absolute atomic E-state index is 10.7. The quantitative estimate of drug-likeness (QED) is 0.805. The molecule has 1 heterocycles. The molecule has 0 bridgehead atoms. The number of thiophene rings is 1. The molecule has 90 valence electrons. The summed E-state index contributed by atoms with van der Waals surface area (Å²) in [4.78, 5) is 12.2. The van der Waals surface area contributed by atoms with E-state index in [1.54, 1.807) is 6.07 Å². The molecule has 1 aromatic heterocycles. The Morgan fingerprint density at radius 2 is 2.19 bits per heavy atom.